The Kier molecular flexibility index (Phi) is 3.29. The maximum absolute atomic E-state index is 5.53. The lowest BCUT2D eigenvalue weighted by Crippen LogP contribution is -1.97. The number of hydrogen-bond donors (Lipinski definition) is 1. The third kappa shape index (κ3) is 2.32. The van der Waals surface area contributed by atoms with Gasteiger partial charge < -0.3 is 14.1 Å². The van der Waals surface area contributed by atoms with Crippen molar-refractivity contribution in [3.8, 4) is 17.1 Å². The fourth-order valence-electron chi connectivity index (χ4n) is 2.35. The van der Waals surface area contributed by atoms with Crippen LogP contribution in [-0.2, 0) is 6.42 Å². The van der Waals surface area contributed by atoms with Crippen LogP contribution in [0.5, 0.6) is 5.75 Å². The van der Waals surface area contributed by atoms with E-state index in [1.54, 1.807) is 19.6 Å². The Morgan fingerprint density at radius 2 is 2.25 bits per heavy atom. The number of H-pyrrole nitrogens is 1. The Bertz CT molecular complexity index is 686. The topological polar surface area (TPSA) is 51.1 Å². The summed E-state index contributed by atoms with van der Waals surface area (Å²) in [5.74, 6) is 2.63. The van der Waals surface area contributed by atoms with Gasteiger partial charge in [0.25, 0.3) is 0 Å². The van der Waals surface area contributed by atoms with Crippen LogP contribution in [0, 0.1) is 6.92 Å². The van der Waals surface area contributed by atoms with Gasteiger partial charge >= 0.3 is 0 Å². The lowest BCUT2D eigenvalue weighted by atomic mass is 9.99. The van der Waals surface area contributed by atoms with E-state index in [1.165, 1.54) is 0 Å². The average Bonchev–Trinajstić information content (AvgIpc) is 3.11. The van der Waals surface area contributed by atoms with Gasteiger partial charge in [-0.15, -0.1) is 0 Å². The minimum atomic E-state index is 0.730. The van der Waals surface area contributed by atoms with Crippen LogP contribution in [-0.4, -0.2) is 17.1 Å². The van der Waals surface area contributed by atoms with E-state index in [0.29, 0.717) is 0 Å². The number of methoxy groups -OCH3 is 1. The van der Waals surface area contributed by atoms with Crippen LogP contribution in [0.15, 0.2) is 47.3 Å². The van der Waals surface area contributed by atoms with Crippen LogP contribution < -0.4 is 4.74 Å². The number of ether oxygens (including phenoxy) is 1. The fourth-order valence-corrected chi connectivity index (χ4v) is 2.35. The van der Waals surface area contributed by atoms with Gasteiger partial charge in [-0.1, -0.05) is 6.07 Å². The number of nitrogens with zero attached hydrogens (tertiary/aromatic N) is 1. The van der Waals surface area contributed by atoms with Gasteiger partial charge in [-0.05, 0) is 36.2 Å². The highest BCUT2D eigenvalue weighted by Gasteiger charge is 2.13. The maximum atomic E-state index is 5.53. The molecule has 4 nitrogen and oxygen atoms in total. The summed E-state index contributed by atoms with van der Waals surface area (Å²) in [6, 6.07) is 7.99. The van der Waals surface area contributed by atoms with E-state index in [2.05, 4.69) is 16.0 Å². The number of furan rings is 1. The van der Waals surface area contributed by atoms with Gasteiger partial charge in [-0.2, -0.15) is 0 Å². The molecule has 1 aromatic carbocycles. The monoisotopic (exact) mass is 268 g/mol. The van der Waals surface area contributed by atoms with Crippen molar-refractivity contribution in [2.24, 2.45) is 0 Å². The summed E-state index contributed by atoms with van der Waals surface area (Å²) in [7, 11) is 1.68. The third-order valence-corrected chi connectivity index (χ3v) is 3.32. The predicted molar refractivity (Wildman–Crippen MR) is 76.8 cm³/mol. The van der Waals surface area contributed by atoms with Crippen molar-refractivity contribution in [2.75, 3.05) is 7.11 Å². The molecule has 0 spiro atoms. The van der Waals surface area contributed by atoms with Crippen molar-refractivity contribution >= 4 is 0 Å². The zero-order valence-corrected chi connectivity index (χ0v) is 11.5. The Balaban J connectivity index is 2.09. The third-order valence-electron chi connectivity index (χ3n) is 3.32. The molecule has 20 heavy (non-hydrogen) atoms. The minimum absolute atomic E-state index is 0.730. The summed E-state index contributed by atoms with van der Waals surface area (Å²) < 4.78 is 10.9. The van der Waals surface area contributed by atoms with Crippen molar-refractivity contribution in [2.45, 2.75) is 13.3 Å². The van der Waals surface area contributed by atoms with E-state index >= 15 is 0 Å². The lowest BCUT2D eigenvalue weighted by Gasteiger charge is -2.12. The number of aromatic nitrogens is 2. The summed E-state index contributed by atoms with van der Waals surface area (Å²) in [6.07, 6.45) is 6.00. The smallest absolute Gasteiger partial charge is 0.134 e. The molecule has 0 aliphatic rings. The highest BCUT2D eigenvalue weighted by Crippen LogP contribution is 2.32. The second-order valence-electron chi connectivity index (χ2n) is 4.67. The Morgan fingerprint density at radius 1 is 1.35 bits per heavy atom. The first-order valence-corrected chi connectivity index (χ1v) is 6.47. The van der Waals surface area contributed by atoms with E-state index in [0.717, 1.165) is 40.4 Å². The number of benzene rings is 1. The summed E-state index contributed by atoms with van der Waals surface area (Å²) in [4.78, 5) is 7.42. The number of hydrogen-bond acceptors (Lipinski definition) is 3. The largest absolute Gasteiger partial charge is 0.496 e. The SMILES string of the molecule is COc1cc(-c2ccco2)c(Cc2ncc[nH]2)cc1C. The number of aryl methyl sites for hydroxylation is 1. The van der Waals surface area contributed by atoms with Crippen molar-refractivity contribution in [1.29, 1.82) is 0 Å². The van der Waals surface area contributed by atoms with Crippen LogP contribution >= 0.6 is 0 Å². The van der Waals surface area contributed by atoms with Gasteiger partial charge in [0.15, 0.2) is 0 Å². The number of aromatic amines is 1. The van der Waals surface area contributed by atoms with Crippen LogP contribution in [0.3, 0.4) is 0 Å². The minimum Gasteiger partial charge on any atom is -0.496 e. The lowest BCUT2D eigenvalue weighted by molar-refractivity contribution is 0.411. The molecule has 0 radical (unpaired) electrons. The van der Waals surface area contributed by atoms with Crippen LogP contribution in [0.25, 0.3) is 11.3 Å². The highest BCUT2D eigenvalue weighted by atomic mass is 16.5. The summed E-state index contributed by atoms with van der Waals surface area (Å²) in [6.45, 7) is 2.04. The second-order valence-corrected chi connectivity index (χ2v) is 4.67. The molecule has 0 aliphatic carbocycles. The van der Waals surface area contributed by atoms with Crippen molar-refractivity contribution in [1.82, 2.24) is 9.97 Å². The van der Waals surface area contributed by atoms with Gasteiger partial charge in [0.2, 0.25) is 0 Å². The summed E-state index contributed by atoms with van der Waals surface area (Å²) >= 11 is 0. The molecule has 0 atom stereocenters. The number of rotatable bonds is 4. The summed E-state index contributed by atoms with van der Waals surface area (Å²) in [5, 5.41) is 0. The first-order chi connectivity index (χ1) is 9.78. The highest BCUT2D eigenvalue weighted by molar-refractivity contribution is 5.66. The molecular weight excluding hydrogens is 252 g/mol. The van der Waals surface area contributed by atoms with Gasteiger partial charge in [0, 0.05) is 24.4 Å². The van der Waals surface area contributed by atoms with Gasteiger partial charge in [0.05, 0.1) is 13.4 Å². The molecule has 0 fully saturated rings. The molecule has 4 heteroatoms. The molecule has 0 aliphatic heterocycles. The van der Waals surface area contributed by atoms with E-state index < -0.39 is 0 Å². The maximum Gasteiger partial charge on any atom is 0.134 e. The quantitative estimate of drug-likeness (QED) is 0.786. The van der Waals surface area contributed by atoms with Gasteiger partial charge in [0.1, 0.15) is 17.3 Å². The summed E-state index contributed by atoms with van der Waals surface area (Å²) in [5.41, 5.74) is 3.30. The zero-order chi connectivity index (χ0) is 13.9. The van der Waals surface area contributed by atoms with Gasteiger partial charge in [-0.25, -0.2) is 4.98 Å². The average molecular weight is 268 g/mol. The van der Waals surface area contributed by atoms with Crippen LogP contribution in [0.2, 0.25) is 0 Å². The zero-order valence-electron chi connectivity index (χ0n) is 11.5. The van der Waals surface area contributed by atoms with E-state index in [4.69, 9.17) is 9.15 Å². The second kappa shape index (κ2) is 5.25. The fraction of sp³-hybridized carbons (Fsp3) is 0.188. The van der Waals surface area contributed by atoms with Crippen LogP contribution in [0.1, 0.15) is 17.0 Å². The van der Waals surface area contributed by atoms with Crippen molar-refractivity contribution < 1.29 is 9.15 Å². The molecule has 0 bridgehead atoms. The molecule has 3 rings (SSSR count). The Morgan fingerprint density at radius 3 is 2.90 bits per heavy atom. The number of imidazole rings is 1. The molecule has 1 N–H and O–H groups in total. The van der Waals surface area contributed by atoms with E-state index in [1.807, 2.05) is 31.3 Å². The standard InChI is InChI=1S/C16H16N2O2/c1-11-8-12(9-16-17-5-6-18-16)13(10-15(11)19-2)14-4-3-7-20-14/h3-8,10H,9H2,1-2H3,(H,17,18). The molecule has 0 unspecified atom stereocenters. The van der Waals surface area contributed by atoms with Crippen LogP contribution in [0.4, 0.5) is 0 Å². The number of nitrogens with one attached hydrogen (secondary N) is 1. The molecule has 0 amide bonds. The van der Waals surface area contributed by atoms with Crippen molar-refractivity contribution in [3.05, 3.63) is 59.9 Å². The molecule has 3 aromatic rings. The normalized spacial score (nSPS) is 10.7. The molecule has 2 aromatic heterocycles. The first-order valence-electron chi connectivity index (χ1n) is 6.47. The van der Waals surface area contributed by atoms with Crippen molar-refractivity contribution in [3.63, 3.8) is 0 Å². The molecular formula is C16H16N2O2. The molecule has 0 saturated carbocycles. The van der Waals surface area contributed by atoms with E-state index in [-0.39, 0.29) is 0 Å². The molecule has 0 saturated heterocycles. The van der Waals surface area contributed by atoms with E-state index in [9.17, 15) is 0 Å². The Hall–Kier alpha value is -2.49. The molecule has 102 valence electrons. The first kappa shape index (κ1) is 12.5. The van der Waals surface area contributed by atoms with Gasteiger partial charge in [-0.3, -0.25) is 0 Å². The Labute approximate surface area is 117 Å². The molecule has 2 heterocycles. The predicted octanol–water partition coefficient (Wildman–Crippen LogP) is 3.58.